The maximum atomic E-state index is 13.4. The van der Waals surface area contributed by atoms with Crippen molar-refractivity contribution in [1.82, 2.24) is 10.6 Å². The summed E-state index contributed by atoms with van der Waals surface area (Å²) in [4.78, 5) is 38.2. The minimum Gasteiger partial charge on any atom is -0.508 e. The Balaban J connectivity index is 1.39. The van der Waals surface area contributed by atoms with Crippen molar-refractivity contribution in [2.75, 3.05) is 32.1 Å². The van der Waals surface area contributed by atoms with Crippen LogP contribution in [0.1, 0.15) is 34.8 Å². The van der Waals surface area contributed by atoms with E-state index in [1.165, 1.54) is 24.3 Å². The number of ether oxygens (including phenoxy) is 1. The Morgan fingerprint density at radius 1 is 1.00 bits per heavy atom. The molecular formula is C31H36FN4O5+. The minimum atomic E-state index is -0.880. The maximum Gasteiger partial charge on any atom is 0.338 e. The van der Waals surface area contributed by atoms with Crippen LogP contribution in [0.15, 0.2) is 72.8 Å². The first-order chi connectivity index (χ1) is 19.6. The number of likely N-dealkylation sites (tertiary alicyclic amines) is 1. The number of quaternary nitrogens is 1. The molecule has 0 aromatic heterocycles. The Hall–Kier alpha value is -4.44. The Labute approximate surface area is 238 Å². The van der Waals surface area contributed by atoms with Gasteiger partial charge in [0.05, 0.1) is 38.3 Å². The molecule has 3 amide bonds. The van der Waals surface area contributed by atoms with Crippen LogP contribution >= 0.6 is 0 Å². The van der Waals surface area contributed by atoms with Crippen molar-refractivity contribution in [1.29, 1.82) is 0 Å². The van der Waals surface area contributed by atoms with Crippen LogP contribution in [0.5, 0.6) is 5.75 Å². The number of carbonyl (C=O) groups excluding carboxylic acids is 3. The van der Waals surface area contributed by atoms with Crippen LogP contribution in [0.4, 0.5) is 14.9 Å². The van der Waals surface area contributed by atoms with Gasteiger partial charge in [0.2, 0.25) is 5.91 Å². The van der Waals surface area contributed by atoms with E-state index in [2.05, 4.69) is 23.0 Å². The molecule has 4 rings (SSSR count). The van der Waals surface area contributed by atoms with E-state index >= 15 is 0 Å². The molecule has 0 spiro atoms. The number of hydrogen-bond acceptors (Lipinski definition) is 5. The van der Waals surface area contributed by atoms with Crippen LogP contribution in [0.3, 0.4) is 0 Å². The number of esters is 1. The molecule has 4 N–H and O–H groups in total. The molecule has 3 atom stereocenters. The van der Waals surface area contributed by atoms with Gasteiger partial charge < -0.3 is 30.3 Å². The van der Waals surface area contributed by atoms with E-state index < -0.39 is 18.0 Å². The largest absolute Gasteiger partial charge is 0.508 e. The second kappa shape index (κ2) is 13.3. The molecule has 1 heterocycles. The zero-order valence-corrected chi connectivity index (χ0v) is 23.2. The second-order valence-corrected chi connectivity index (χ2v) is 10.6. The molecule has 41 heavy (non-hydrogen) atoms. The lowest BCUT2D eigenvalue weighted by Gasteiger charge is -2.30. The lowest BCUT2D eigenvalue weighted by Crippen LogP contribution is -2.53. The number of phenolic OH excluding ortho intramolecular Hbond substituents is 1. The summed E-state index contributed by atoms with van der Waals surface area (Å²) in [5.74, 6) is -0.928. The summed E-state index contributed by atoms with van der Waals surface area (Å²) >= 11 is 0. The second-order valence-electron chi connectivity index (χ2n) is 10.6. The lowest BCUT2D eigenvalue weighted by molar-refractivity contribution is -0.911. The predicted octanol–water partition coefficient (Wildman–Crippen LogP) is 3.98. The van der Waals surface area contributed by atoms with Crippen LogP contribution in [0, 0.1) is 5.82 Å². The lowest BCUT2D eigenvalue weighted by atomic mass is 10.0. The molecule has 9 nitrogen and oxygen atoms in total. The molecule has 216 valence electrons. The van der Waals surface area contributed by atoms with Crippen molar-refractivity contribution in [2.24, 2.45) is 0 Å². The third-order valence-corrected chi connectivity index (χ3v) is 7.15. The molecule has 1 saturated heterocycles. The topological polar surface area (TPSA) is 117 Å². The van der Waals surface area contributed by atoms with E-state index in [1.807, 2.05) is 0 Å². The highest BCUT2D eigenvalue weighted by Crippen LogP contribution is 2.22. The highest BCUT2D eigenvalue weighted by molar-refractivity contribution is 5.95. The number of nitrogens with zero attached hydrogens (tertiary/aromatic N) is 1. The van der Waals surface area contributed by atoms with Gasteiger partial charge in [-0.25, -0.2) is 14.0 Å². The molecule has 1 fully saturated rings. The first-order valence-corrected chi connectivity index (χ1v) is 13.6. The fourth-order valence-corrected chi connectivity index (χ4v) is 5.08. The van der Waals surface area contributed by atoms with Crippen molar-refractivity contribution in [3.63, 3.8) is 0 Å². The summed E-state index contributed by atoms with van der Waals surface area (Å²) in [6.07, 6.45) is 0.990. The summed E-state index contributed by atoms with van der Waals surface area (Å²) in [6.45, 7) is 4.26. The number of rotatable bonds is 10. The molecule has 10 heteroatoms. The standard InChI is InChI=1S/C31H35FN4O5/c1-3-41-30(39)23-8-12-25(13-9-23)34-31(40)35-28(18-21-6-14-27(37)15-7-21)29(38)33-26-16-17-36(2,20-26)19-22-4-10-24(32)11-5-22/h4-15,26,28H,3,16-20H2,1-2H3,(H3-,33,34,35,37,38,39,40)/p+1/t26-,28-,36-/m0/s1. The van der Waals surface area contributed by atoms with Gasteiger partial charge in [-0.3, -0.25) is 4.79 Å². The fourth-order valence-electron chi connectivity index (χ4n) is 5.08. The number of anilines is 1. The Kier molecular flexibility index (Phi) is 9.57. The summed E-state index contributed by atoms with van der Waals surface area (Å²) in [6, 6.07) is 17.7. The van der Waals surface area contributed by atoms with Gasteiger partial charge in [-0.1, -0.05) is 24.3 Å². The quantitative estimate of drug-likeness (QED) is 0.220. The summed E-state index contributed by atoms with van der Waals surface area (Å²) in [5.41, 5.74) is 2.61. The van der Waals surface area contributed by atoms with E-state index in [1.54, 1.807) is 55.5 Å². The average molecular weight is 564 g/mol. The summed E-state index contributed by atoms with van der Waals surface area (Å²) in [5, 5.41) is 18.2. The molecular weight excluding hydrogens is 527 g/mol. The summed E-state index contributed by atoms with van der Waals surface area (Å²) < 4.78 is 19.0. The first kappa shape index (κ1) is 29.5. The monoisotopic (exact) mass is 563 g/mol. The number of phenols is 1. The van der Waals surface area contributed by atoms with Crippen molar-refractivity contribution in [3.05, 3.63) is 95.3 Å². The van der Waals surface area contributed by atoms with Gasteiger partial charge in [0.25, 0.3) is 0 Å². The van der Waals surface area contributed by atoms with Crippen LogP contribution in [-0.2, 0) is 22.5 Å². The Bertz CT molecular complexity index is 1350. The zero-order valence-electron chi connectivity index (χ0n) is 23.2. The highest BCUT2D eigenvalue weighted by Gasteiger charge is 2.36. The number of likely N-dealkylation sites (N-methyl/N-ethyl adjacent to an activating group) is 1. The summed E-state index contributed by atoms with van der Waals surface area (Å²) in [7, 11) is 2.11. The maximum absolute atomic E-state index is 13.4. The third-order valence-electron chi connectivity index (χ3n) is 7.15. The highest BCUT2D eigenvalue weighted by atomic mass is 19.1. The van der Waals surface area contributed by atoms with E-state index in [9.17, 15) is 23.9 Å². The van der Waals surface area contributed by atoms with Crippen molar-refractivity contribution < 1.29 is 33.1 Å². The molecule has 0 bridgehead atoms. The van der Waals surface area contributed by atoms with E-state index in [4.69, 9.17) is 4.74 Å². The van der Waals surface area contributed by atoms with Gasteiger partial charge in [0.1, 0.15) is 24.2 Å². The van der Waals surface area contributed by atoms with Gasteiger partial charge in [-0.2, -0.15) is 0 Å². The number of carbonyl (C=O) groups is 3. The minimum absolute atomic E-state index is 0.0875. The van der Waals surface area contributed by atoms with Crippen LogP contribution < -0.4 is 16.0 Å². The Morgan fingerprint density at radius 3 is 2.32 bits per heavy atom. The normalized spacial score (nSPS) is 18.8. The van der Waals surface area contributed by atoms with Crippen LogP contribution in [0.2, 0.25) is 0 Å². The van der Waals surface area contributed by atoms with E-state index in [0.717, 1.165) is 30.6 Å². The molecule has 0 saturated carbocycles. The number of nitrogens with one attached hydrogen (secondary N) is 3. The number of amides is 3. The molecule has 1 aliphatic rings. The van der Waals surface area contributed by atoms with E-state index in [-0.39, 0.29) is 36.5 Å². The van der Waals surface area contributed by atoms with Gasteiger partial charge in [-0.05, 0) is 61.0 Å². The molecule has 0 radical (unpaired) electrons. The first-order valence-electron chi connectivity index (χ1n) is 13.6. The number of aromatic hydroxyl groups is 1. The van der Waals surface area contributed by atoms with Crippen molar-refractivity contribution >= 4 is 23.6 Å². The average Bonchev–Trinajstić information content (AvgIpc) is 3.31. The number of hydrogen-bond donors (Lipinski definition) is 4. The third kappa shape index (κ3) is 8.52. The number of halogens is 1. The SMILES string of the molecule is CCOC(=O)c1ccc(NC(=O)N[C@@H](Cc2ccc(O)cc2)C(=O)N[C@H]2CC[N@@+](C)(Cc3ccc(F)cc3)C2)cc1. The van der Waals surface area contributed by atoms with Crippen molar-refractivity contribution in [3.8, 4) is 5.75 Å². The molecule has 0 aliphatic carbocycles. The van der Waals surface area contributed by atoms with Crippen molar-refractivity contribution in [2.45, 2.75) is 38.4 Å². The molecule has 3 aromatic rings. The van der Waals surface area contributed by atoms with Crippen LogP contribution in [-0.4, -0.2) is 66.3 Å². The fraction of sp³-hybridized carbons (Fsp3) is 0.323. The number of urea groups is 1. The zero-order chi connectivity index (χ0) is 29.4. The molecule has 0 unspecified atom stereocenters. The number of benzene rings is 3. The van der Waals surface area contributed by atoms with Crippen LogP contribution in [0.25, 0.3) is 0 Å². The Morgan fingerprint density at radius 2 is 1.66 bits per heavy atom. The van der Waals surface area contributed by atoms with Gasteiger partial charge >= 0.3 is 12.0 Å². The van der Waals surface area contributed by atoms with E-state index in [0.29, 0.717) is 22.3 Å². The van der Waals surface area contributed by atoms with Gasteiger partial charge in [-0.15, -0.1) is 0 Å². The molecule has 3 aromatic carbocycles. The van der Waals surface area contributed by atoms with Gasteiger partial charge in [0.15, 0.2) is 0 Å². The molecule has 1 aliphatic heterocycles. The predicted molar refractivity (Wildman–Crippen MR) is 153 cm³/mol. The van der Waals surface area contributed by atoms with Gasteiger partial charge in [0, 0.05) is 24.1 Å². The smallest absolute Gasteiger partial charge is 0.338 e.